The minimum absolute atomic E-state index is 0.0791. The van der Waals surface area contributed by atoms with Crippen LogP contribution in [-0.4, -0.2) is 29.9 Å². The fourth-order valence-electron chi connectivity index (χ4n) is 22.6. The maximum Gasteiger partial charge on any atom is 0.160 e. The summed E-state index contributed by atoms with van der Waals surface area (Å²) in [6.07, 6.45) is 0.989. The lowest BCUT2D eigenvalue weighted by atomic mass is 9.82. The van der Waals surface area contributed by atoms with Gasteiger partial charge < -0.3 is 8.83 Å². The molecule has 0 saturated carbocycles. The highest BCUT2D eigenvalue weighted by Gasteiger charge is 2.36. The van der Waals surface area contributed by atoms with Gasteiger partial charge in [-0.05, 0) is 241 Å². The molecule has 5 aromatic heterocycles. The predicted octanol–water partition coefficient (Wildman–Crippen LogP) is 37.2. The first-order valence-electron chi connectivity index (χ1n) is 50.6. The van der Waals surface area contributed by atoms with Crippen LogP contribution in [0.1, 0.15) is 36.1 Å². The normalized spacial score (nSPS) is 12.3. The Bertz CT molecular complexity index is 10200. The Hall–Kier alpha value is -19.3. The summed E-state index contributed by atoms with van der Waals surface area (Å²) >= 11 is 0. The highest BCUT2D eigenvalue weighted by molar-refractivity contribution is 6.17. The average Bonchev–Trinajstić information content (AvgIpc) is 1.57. The number of furan rings is 2. The van der Waals surface area contributed by atoms with Gasteiger partial charge in [-0.3, -0.25) is 0 Å². The second kappa shape index (κ2) is 35.7. The summed E-state index contributed by atoms with van der Waals surface area (Å²) in [6, 6.07) is 177. The van der Waals surface area contributed by atoms with Crippen LogP contribution in [-0.2, 0) is 11.8 Å². The molecule has 23 aromatic carbocycles. The Labute approximate surface area is 854 Å². The van der Waals surface area contributed by atoms with Gasteiger partial charge in [0.2, 0.25) is 0 Å². The Balaban J connectivity index is 0.000000107. The van der Waals surface area contributed by atoms with E-state index in [1.54, 1.807) is 0 Å². The summed E-state index contributed by atoms with van der Waals surface area (Å²) < 4.78 is 12.7. The van der Waals surface area contributed by atoms with E-state index in [4.69, 9.17) is 38.7 Å². The molecule has 0 atom stereocenters. The Morgan fingerprint density at radius 1 is 0.182 bits per heavy atom. The number of rotatable bonds is 12. The number of hydrogen-bond donors (Lipinski definition) is 0. The van der Waals surface area contributed by atoms with Crippen LogP contribution in [0.15, 0.2) is 506 Å². The monoisotopic (exact) mass is 1890 g/mol. The Kier molecular flexibility index (Phi) is 20.9. The molecule has 0 aliphatic heterocycles. The number of aromatic nitrogens is 6. The zero-order chi connectivity index (χ0) is 98.0. The van der Waals surface area contributed by atoms with E-state index in [2.05, 4.69) is 475 Å². The first-order valence-corrected chi connectivity index (χ1v) is 50.6. The smallest absolute Gasteiger partial charge is 0.160 e. The maximum atomic E-state index is 6.37. The van der Waals surface area contributed by atoms with E-state index in [1.807, 2.05) is 36.4 Å². The van der Waals surface area contributed by atoms with Crippen LogP contribution < -0.4 is 0 Å². The number of hydrogen-bond acceptors (Lipinski definition) is 8. The zero-order valence-corrected chi connectivity index (χ0v) is 81.0. The Morgan fingerprint density at radius 3 is 1.03 bits per heavy atom. The zero-order valence-electron chi connectivity index (χ0n) is 81.0. The van der Waals surface area contributed by atoms with Gasteiger partial charge in [-0.2, -0.15) is 0 Å². The molecule has 28 aromatic rings. The molecule has 0 amide bonds. The van der Waals surface area contributed by atoms with E-state index in [9.17, 15) is 0 Å². The van der Waals surface area contributed by atoms with Crippen molar-refractivity contribution < 1.29 is 8.83 Å². The summed E-state index contributed by atoms with van der Waals surface area (Å²) in [5, 5.41) is 17.4. The number of fused-ring (bicyclic) bond motifs is 22. The third-order valence-electron chi connectivity index (χ3n) is 30.3. The van der Waals surface area contributed by atoms with Crippen LogP contribution in [0.3, 0.4) is 0 Å². The fraction of sp³-hybridized carbons (Fsp3) is 0.0286. The lowest BCUT2D eigenvalue weighted by molar-refractivity contribution is 0.660. The van der Waals surface area contributed by atoms with Gasteiger partial charge in [-0.25, -0.2) is 29.9 Å². The summed E-state index contributed by atoms with van der Waals surface area (Å²) in [5.41, 5.74) is 40.2. The SMILES string of the molecule is CC1(C)c2ccccc2-c2ccc(-c3nc(-c4ccc(-c5ccc6ccc7c(c6c5)Cc5ccccc5-7)cc4)c4ccccc4n3)cc21.c1ccc(-c2cc(-c3ccccc3)cc(-c3nc(-c4ccc(-c5ccc6ccc7c8ccccc8oc7c6c5)cc4)c4ccccc4n3)c2)cc1.c1ccc2cc(-c3ccc(-c4nc(-c5ccc(-c6ccc7ccc8c9ccccc9oc8c7c6)cc5)c5ccccc5n4)cc3)ccc2c1. The van der Waals surface area contributed by atoms with Crippen LogP contribution >= 0.6 is 0 Å². The first-order chi connectivity index (χ1) is 73.0. The molecular formula is C140H90N6O2. The second-order valence-electron chi connectivity index (χ2n) is 39.4. The van der Waals surface area contributed by atoms with Crippen molar-refractivity contribution in [3.63, 3.8) is 0 Å². The summed E-state index contributed by atoms with van der Waals surface area (Å²) in [5.74, 6) is 2.17. The summed E-state index contributed by atoms with van der Waals surface area (Å²) in [7, 11) is 0. The topological polar surface area (TPSA) is 104 Å². The number of nitrogens with zero attached hydrogens (tertiary/aromatic N) is 6. The summed E-state index contributed by atoms with van der Waals surface area (Å²) in [4.78, 5) is 30.9. The third kappa shape index (κ3) is 15.4. The minimum atomic E-state index is -0.0791. The van der Waals surface area contributed by atoms with E-state index >= 15 is 0 Å². The van der Waals surface area contributed by atoms with Gasteiger partial charge in [0.05, 0.1) is 33.6 Å². The molecule has 0 fully saturated rings. The molecule has 0 saturated heterocycles. The van der Waals surface area contributed by atoms with Crippen molar-refractivity contribution in [1.29, 1.82) is 0 Å². The van der Waals surface area contributed by atoms with Crippen molar-refractivity contribution in [1.82, 2.24) is 29.9 Å². The quantitative estimate of drug-likeness (QED) is 0.119. The molecule has 0 spiro atoms. The standard InChI is InChI=1S/C48H30N2O.C46H28N2O.C46H32N2/c1-3-11-31(12-4-1)37-27-38(32-13-5-2-6-14-32)29-39(28-37)48-49-44-17-9-7-16-42(44)46(50-48)35-22-19-33(20-23-35)36-24-21-34-25-26-41-40-15-8-10-18-45(40)51-47(41)43(34)30-36;1-2-8-35-27-36(23-17-29(35)7-1)30-15-21-34(22-16-30)46-47-42-11-5-3-10-40(42)44(48-46)33-19-13-31(14-20-33)37-24-18-32-25-26-39-38-9-4-6-12-43(38)49-45(39)41(32)28-37;1-46(2)41-13-7-5-11-36(41)37-24-22-33(27-42(37)46)45-47-43-14-8-6-12-38(43)44(48-45)30-18-15-28(16-19-30)31-20-17-29-21-23-35-34-10-4-3-9-32(34)26-40(35)39(29)25-31/h1-30H;1-28H;3-25,27H,26H2,1-2H3. The van der Waals surface area contributed by atoms with Gasteiger partial charge in [-0.1, -0.05) is 420 Å². The van der Waals surface area contributed by atoms with Crippen LogP contribution in [0.25, 0.3) is 277 Å². The van der Waals surface area contributed by atoms with Gasteiger partial charge in [-0.15, -0.1) is 0 Å². The highest BCUT2D eigenvalue weighted by atomic mass is 16.3. The molecule has 8 heteroatoms. The molecule has 30 rings (SSSR count). The fourth-order valence-corrected chi connectivity index (χ4v) is 22.6. The molecule has 148 heavy (non-hydrogen) atoms. The molecule has 5 heterocycles. The molecule has 8 nitrogen and oxygen atoms in total. The van der Waals surface area contributed by atoms with Crippen LogP contribution in [0.4, 0.5) is 0 Å². The van der Waals surface area contributed by atoms with Crippen molar-refractivity contribution in [2.24, 2.45) is 0 Å². The minimum Gasteiger partial charge on any atom is -0.455 e. The molecule has 0 bridgehead atoms. The van der Waals surface area contributed by atoms with Crippen molar-refractivity contribution in [3.8, 4) is 157 Å². The lowest BCUT2D eigenvalue weighted by Gasteiger charge is -2.21. The van der Waals surface area contributed by atoms with Crippen molar-refractivity contribution in [2.45, 2.75) is 25.7 Å². The van der Waals surface area contributed by atoms with E-state index in [1.165, 1.54) is 88.3 Å². The molecular weight excluding hydrogens is 1800 g/mol. The Morgan fingerprint density at radius 2 is 0.520 bits per heavy atom. The molecule has 692 valence electrons. The highest BCUT2D eigenvalue weighted by Crippen LogP contribution is 2.51. The molecule has 2 aliphatic carbocycles. The van der Waals surface area contributed by atoms with Gasteiger partial charge >= 0.3 is 0 Å². The van der Waals surface area contributed by atoms with Crippen molar-refractivity contribution in [2.75, 3.05) is 0 Å². The van der Waals surface area contributed by atoms with E-state index < -0.39 is 0 Å². The van der Waals surface area contributed by atoms with E-state index in [-0.39, 0.29) is 5.41 Å². The predicted molar refractivity (Wildman–Crippen MR) is 614 cm³/mol. The number of para-hydroxylation sites is 5. The van der Waals surface area contributed by atoms with Gasteiger partial charge in [0.1, 0.15) is 22.3 Å². The summed E-state index contributed by atoms with van der Waals surface area (Å²) in [6.45, 7) is 4.63. The van der Waals surface area contributed by atoms with Crippen molar-refractivity contribution >= 4 is 120 Å². The molecule has 0 radical (unpaired) electrons. The van der Waals surface area contributed by atoms with Gasteiger partial charge in [0, 0.05) is 87.3 Å². The van der Waals surface area contributed by atoms with Gasteiger partial charge in [0.25, 0.3) is 0 Å². The van der Waals surface area contributed by atoms with E-state index in [0.29, 0.717) is 11.6 Å². The largest absolute Gasteiger partial charge is 0.455 e. The van der Waals surface area contributed by atoms with Crippen LogP contribution in [0.5, 0.6) is 0 Å². The second-order valence-corrected chi connectivity index (χ2v) is 39.4. The van der Waals surface area contributed by atoms with Gasteiger partial charge in [0.15, 0.2) is 17.5 Å². The molecule has 0 N–H and O–H groups in total. The average molecular weight is 1890 g/mol. The number of benzene rings is 23. The van der Waals surface area contributed by atoms with Crippen molar-refractivity contribution in [3.05, 3.63) is 520 Å². The lowest BCUT2D eigenvalue weighted by Crippen LogP contribution is -2.15. The van der Waals surface area contributed by atoms with Crippen LogP contribution in [0.2, 0.25) is 0 Å². The van der Waals surface area contributed by atoms with Crippen LogP contribution in [0, 0.1) is 0 Å². The third-order valence-corrected chi connectivity index (χ3v) is 30.3. The molecule has 0 unspecified atom stereocenters. The first kappa shape index (κ1) is 86.6. The maximum absolute atomic E-state index is 6.37. The molecule has 2 aliphatic rings. The van der Waals surface area contributed by atoms with E-state index in [0.717, 1.165) is 205 Å².